The van der Waals surface area contributed by atoms with Crippen LogP contribution in [0, 0.1) is 5.92 Å². The molecule has 2 aliphatic rings. The first-order valence-electron chi connectivity index (χ1n) is 9.00. The molecule has 2 unspecified atom stereocenters. The lowest BCUT2D eigenvalue weighted by Gasteiger charge is -2.32. The molecule has 1 N–H and O–H groups in total. The number of piperidine rings is 1. The zero-order chi connectivity index (χ0) is 16.8. The quantitative estimate of drug-likeness (QED) is 0.803. The Morgan fingerprint density at radius 1 is 1.46 bits per heavy atom. The monoisotopic (exact) mass is 367 g/mol. The first kappa shape index (κ1) is 18.2. The van der Waals surface area contributed by atoms with E-state index in [4.69, 9.17) is 0 Å². The van der Waals surface area contributed by atoms with E-state index in [2.05, 4.69) is 39.7 Å². The fourth-order valence-electron chi connectivity index (χ4n) is 3.62. The highest BCUT2D eigenvalue weighted by atomic mass is 32.2. The number of thioether (sulfide) groups is 1. The van der Waals surface area contributed by atoms with E-state index >= 15 is 0 Å². The van der Waals surface area contributed by atoms with Gasteiger partial charge >= 0.3 is 0 Å². The van der Waals surface area contributed by atoms with Gasteiger partial charge in [-0.1, -0.05) is 6.07 Å². The lowest BCUT2D eigenvalue weighted by atomic mass is 9.98. The number of carbonyl (C=O) groups is 1. The summed E-state index contributed by atoms with van der Waals surface area (Å²) in [5, 5.41) is 5.32. The number of amides is 1. The van der Waals surface area contributed by atoms with Crippen LogP contribution in [-0.4, -0.2) is 66.5 Å². The van der Waals surface area contributed by atoms with Crippen LogP contribution in [0.1, 0.15) is 24.1 Å². The van der Waals surface area contributed by atoms with Crippen LogP contribution in [0.15, 0.2) is 17.5 Å². The summed E-state index contributed by atoms with van der Waals surface area (Å²) in [4.78, 5) is 18.4. The maximum absolute atomic E-state index is 12.2. The van der Waals surface area contributed by atoms with Crippen molar-refractivity contribution in [2.45, 2.75) is 31.8 Å². The predicted octanol–water partition coefficient (Wildman–Crippen LogP) is 2.51. The zero-order valence-corrected chi connectivity index (χ0v) is 16.2. The minimum absolute atomic E-state index is 0.185. The molecule has 2 atom stereocenters. The smallest absolute Gasteiger partial charge is 0.234 e. The maximum Gasteiger partial charge on any atom is 0.234 e. The lowest BCUT2D eigenvalue weighted by molar-refractivity contribution is -0.122. The van der Waals surface area contributed by atoms with Crippen molar-refractivity contribution >= 4 is 29.0 Å². The molecule has 0 spiro atoms. The van der Waals surface area contributed by atoms with E-state index in [-0.39, 0.29) is 5.91 Å². The minimum atomic E-state index is 0.185. The Labute approximate surface area is 154 Å². The first-order chi connectivity index (χ1) is 11.7. The third-order valence-corrected chi connectivity index (χ3v) is 7.08. The molecule has 1 aromatic rings. The van der Waals surface area contributed by atoms with Crippen molar-refractivity contribution in [1.29, 1.82) is 0 Å². The largest absolute Gasteiger partial charge is 0.355 e. The SMILES string of the molecule is CN(CC(=O)NCC1CCCN(Cc2cccs2)C1)C1CCSC1. The Kier molecular flexibility index (Phi) is 7.01. The number of thiophene rings is 1. The van der Waals surface area contributed by atoms with Gasteiger partial charge in [0.05, 0.1) is 6.54 Å². The van der Waals surface area contributed by atoms with E-state index in [1.54, 1.807) is 0 Å². The number of likely N-dealkylation sites (N-methyl/N-ethyl adjacent to an activating group) is 1. The van der Waals surface area contributed by atoms with Crippen LogP contribution in [0.5, 0.6) is 0 Å². The molecule has 4 nitrogen and oxygen atoms in total. The number of hydrogen-bond acceptors (Lipinski definition) is 5. The summed E-state index contributed by atoms with van der Waals surface area (Å²) in [6.07, 6.45) is 3.69. The van der Waals surface area contributed by atoms with Crippen LogP contribution in [0.25, 0.3) is 0 Å². The van der Waals surface area contributed by atoms with E-state index in [9.17, 15) is 4.79 Å². The van der Waals surface area contributed by atoms with Gasteiger partial charge in [0, 0.05) is 36.3 Å². The number of carbonyl (C=O) groups excluding carboxylic acids is 1. The van der Waals surface area contributed by atoms with E-state index in [0.717, 1.165) is 19.6 Å². The minimum Gasteiger partial charge on any atom is -0.355 e. The summed E-state index contributed by atoms with van der Waals surface area (Å²) in [6.45, 7) is 4.71. The van der Waals surface area contributed by atoms with Gasteiger partial charge < -0.3 is 5.32 Å². The van der Waals surface area contributed by atoms with Gasteiger partial charge in [-0.25, -0.2) is 0 Å². The molecule has 1 amide bonds. The predicted molar refractivity (Wildman–Crippen MR) is 104 cm³/mol. The Bertz CT molecular complexity index is 502. The average molecular weight is 368 g/mol. The van der Waals surface area contributed by atoms with E-state index < -0.39 is 0 Å². The van der Waals surface area contributed by atoms with Crippen LogP contribution in [0.4, 0.5) is 0 Å². The van der Waals surface area contributed by atoms with Crippen molar-refractivity contribution in [3.63, 3.8) is 0 Å². The van der Waals surface area contributed by atoms with Gasteiger partial charge in [-0.3, -0.25) is 14.6 Å². The van der Waals surface area contributed by atoms with E-state index in [1.807, 2.05) is 23.1 Å². The second kappa shape index (κ2) is 9.22. The second-order valence-corrected chi connectivity index (χ2v) is 9.24. The van der Waals surface area contributed by atoms with Gasteiger partial charge in [0.1, 0.15) is 0 Å². The second-order valence-electron chi connectivity index (χ2n) is 7.06. The molecular weight excluding hydrogens is 338 g/mol. The summed E-state index contributed by atoms with van der Waals surface area (Å²) in [7, 11) is 2.08. The molecule has 2 saturated heterocycles. The van der Waals surface area contributed by atoms with Gasteiger partial charge in [-0.2, -0.15) is 11.8 Å². The van der Waals surface area contributed by atoms with Gasteiger partial charge in [-0.15, -0.1) is 11.3 Å². The van der Waals surface area contributed by atoms with Gasteiger partial charge in [0.25, 0.3) is 0 Å². The zero-order valence-electron chi connectivity index (χ0n) is 14.6. The molecule has 0 radical (unpaired) electrons. The van der Waals surface area contributed by atoms with Crippen LogP contribution in [-0.2, 0) is 11.3 Å². The van der Waals surface area contributed by atoms with Crippen molar-refractivity contribution in [1.82, 2.24) is 15.1 Å². The van der Waals surface area contributed by atoms with Crippen LogP contribution in [0.2, 0.25) is 0 Å². The molecule has 0 saturated carbocycles. The molecule has 2 aliphatic heterocycles. The molecule has 0 aromatic carbocycles. The van der Waals surface area contributed by atoms with Gasteiger partial charge in [0.15, 0.2) is 0 Å². The van der Waals surface area contributed by atoms with Crippen molar-refractivity contribution in [3.8, 4) is 0 Å². The standard InChI is InChI=1S/C18H29N3OS2/c1-20(16-6-9-23-14-16)13-18(22)19-10-15-4-2-7-21(11-15)12-17-5-3-8-24-17/h3,5,8,15-16H,2,4,6-7,9-14H2,1H3,(H,19,22). The Morgan fingerprint density at radius 2 is 2.38 bits per heavy atom. The number of nitrogens with one attached hydrogen (secondary N) is 1. The molecule has 3 rings (SSSR count). The summed E-state index contributed by atoms with van der Waals surface area (Å²) in [5.41, 5.74) is 0. The molecule has 3 heterocycles. The fraction of sp³-hybridized carbons (Fsp3) is 0.722. The van der Waals surface area contributed by atoms with E-state index in [1.165, 1.54) is 42.2 Å². The highest BCUT2D eigenvalue weighted by Gasteiger charge is 2.23. The third-order valence-electron chi connectivity index (χ3n) is 5.07. The molecule has 2 fully saturated rings. The molecule has 0 bridgehead atoms. The normalized spacial score (nSPS) is 25.2. The fourth-order valence-corrected chi connectivity index (χ4v) is 5.67. The molecule has 134 valence electrons. The highest BCUT2D eigenvalue weighted by molar-refractivity contribution is 7.99. The Morgan fingerprint density at radius 3 is 3.12 bits per heavy atom. The molecule has 0 aliphatic carbocycles. The summed E-state index contributed by atoms with van der Waals surface area (Å²) in [6, 6.07) is 4.92. The third kappa shape index (κ3) is 5.48. The summed E-state index contributed by atoms with van der Waals surface area (Å²) < 4.78 is 0. The van der Waals surface area contributed by atoms with Gasteiger partial charge in [0.2, 0.25) is 5.91 Å². The first-order valence-corrected chi connectivity index (χ1v) is 11.0. The topological polar surface area (TPSA) is 35.6 Å². The van der Waals surface area contributed by atoms with Crippen molar-refractivity contribution in [2.75, 3.05) is 44.7 Å². The summed E-state index contributed by atoms with van der Waals surface area (Å²) >= 11 is 3.83. The van der Waals surface area contributed by atoms with Crippen LogP contribution in [0.3, 0.4) is 0 Å². The van der Waals surface area contributed by atoms with Crippen LogP contribution < -0.4 is 5.32 Å². The lowest BCUT2D eigenvalue weighted by Crippen LogP contribution is -2.44. The van der Waals surface area contributed by atoms with Gasteiger partial charge in [-0.05, 0) is 56.0 Å². The average Bonchev–Trinajstić information content (AvgIpc) is 3.27. The number of hydrogen-bond donors (Lipinski definition) is 1. The van der Waals surface area contributed by atoms with Crippen molar-refractivity contribution < 1.29 is 4.79 Å². The molecular formula is C18H29N3OS2. The Balaban J connectivity index is 1.36. The molecule has 1 aromatic heterocycles. The summed E-state index contributed by atoms with van der Waals surface area (Å²) in [5.74, 6) is 3.18. The Hall–Kier alpha value is -0.560. The van der Waals surface area contributed by atoms with Crippen molar-refractivity contribution in [3.05, 3.63) is 22.4 Å². The van der Waals surface area contributed by atoms with Crippen LogP contribution >= 0.6 is 23.1 Å². The number of rotatable bonds is 7. The highest BCUT2D eigenvalue weighted by Crippen LogP contribution is 2.21. The number of likely N-dealkylation sites (tertiary alicyclic amines) is 1. The maximum atomic E-state index is 12.2. The van der Waals surface area contributed by atoms with E-state index in [0.29, 0.717) is 18.5 Å². The molecule has 24 heavy (non-hydrogen) atoms. The number of nitrogens with zero attached hydrogens (tertiary/aromatic N) is 2. The molecule has 6 heteroatoms. The van der Waals surface area contributed by atoms with Crippen molar-refractivity contribution in [2.24, 2.45) is 5.92 Å².